The molecule has 1 saturated carbocycles. The van der Waals surface area contributed by atoms with Crippen molar-refractivity contribution in [2.24, 2.45) is 5.92 Å². The third-order valence-electron chi connectivity index (χ3n) is 5.56. The third kappa shape index (κ3) is 4.73. The molecule has 1 aliphatic carbocycles. The molecule has 2 aliphatic rings. The molecule has 0 aromatic heterocycles. The molecule has 32 heavy (non-hydrogen) atoms. The smallest absolute Gasteiger partial charge is 0.338 e. The number of carbonyl (C=O) groups is 2. The lowest BCUT2D eigenvalue weighted by molar-refractivity contribution is -0.143. The van der Waals surface area contributed by atoms with Gasteiger partial charge in [0.1, 0.15) is 0 Å². The molecule has 2 aromatic carbocycles. The second kappa shape index (κ2) is 7.83. The Hall–Kier alpha value is -3.04. The van der Waals surface area contributed by atoms with E-state index in [4.69, 9.17) is 0 Å². The van der Waals surface area contributed by atoms with Crippen molar-refractivity contribution >= 4 is 17.5 Å². The number of amides is 2. The Balaban J connectivity index is 1.57. The van der Waals surface area contributed by atoms with Gasteiger partial charge in [-0.1, -0.05) is 6.07 Å². The molecular formula is C22H18F6N2O2. The summed E-state index contributed by atoms with van der Waals surface area (Å²) >= 11 is 0. The number of benzene rings is 2. The van der Waals surface area contributed by atoms with Crippen molar-refractivity contribution in [1.29, 1.82) is 0 Å². The van der Waals surface area contributed by atoms with E-state index >= 15 is 0 Å². The van der Waals surface area contributed by atoms with Crippen LogP contribution < -0.4 is 5.32 Å². The van der Waals surface area contributed by atoms with Crippen LogP contribution >= 0.6 is 0 Å². The van der Waals surface area contributed by atoms with Crippen molar-refractivity contribution in [2.75, 3.05) is 11.9 Å². The van der Waals surface area contributed by atoms with E-state index < -0.39 is 35.0 Å². The predicted molar refractivity (Wildman–Crippen MR) is 103 cm³/mol. The first-order valence-electron chi connectivity index (χ1n) is 9.93. The van der Waals surface area contributed by atoms with E-state index in [-0.39, 0.29) is 23.6 Å². The first-order valence-corrected chi connectivity index (χ1v) is 9.93. The van der Waals surface area contributed by atoms with Crippen molar-refractivity contribution in [2.45, 2.75) is 38.2 Å². The number of nitrogens with zero attached hydrogens (tertiary/aromatic N) is 1. The highest BCUT2D eigenvalue weighted by molar-refractivity contribution is 6.04. The molecule has 2 aromatic rings. The molecule has 4 rings (SSSR count). The molecule has 170 valence electrons. The summed E-state index contributed by atoms with van der Waals surface area (Å²) in [7, 11) is 0. The maximum Gasteiger partial charge on any atom is 0.416 e. The number of hydrogen-bond acceptors (Lipinski definition) is 2. The number of hydrogen-bond donors (Lipinski definition) is 1. The zero-order valence-electron chi connectivity index (χ0n) is 16.6. The van der Waals surface area contributed by atoms with Gasteiger partial charge in [-0.25, -0.2) is 0 Å². The zero-order valence-corrected chi connectivity index (χ0v) is 16.6. The van der Waals surface area contributed by atoms with E-state index in [0.29, 0.717) is 31.6 Å². The first-order chi connectivity index (χ1) is 14.9. The Kier molecular flexibility index (Phi) is 5.42. The normalized spacial score (nSPS) is 16.5. The second-order valence-corrected chi connectivity index (χ2v) is 8.02. The van der Waals surface area contributed by atoms with Gasteiger partial charge in [-0.15, -0.1) is 0 Å². The maximum absolute atomic E-state index is 13.0. The summed E-state index contributed by atoms with van der Waals surface area (Å²) in [5.41, 5.74) is -1.89. The Morgan fingerprint density at radius 1 is 0.875 bits per heavy atom. The quantitative estimate of drug-likeness (QED) is 0.640. The van der Waals surface area contributed by atoms with Crippen LogP contribution in [0.15, 0.2) is 36.4 Å². The number of fused-ring (bicyclic) bond motifs is 1. The fourth-order valence-electron chi connectivity index (χ4n) is 3.70. The van der Waals surface area contributed by atoms with Gasteiger partial charge in [0.25, 0.3) is 5.91 Å². The van der Waals surface area contributed by atoms with E-state index in [1.54, 1.807) is 17.0 Å². The molecule has 0 radical (unpaired) electrons. The minimum atomic E-state index is -5.04. The van der Waals surface area contributed by atoms with Crippen molar-refractivity contribution in [3.05, 3.63) is 64.2 Å². The summed E-state index contributed by atoms with van der Waals surface area (Å²) in [5, 5.41) is 2.37. The van der Waals surface area contributed by atoms with E-state index in [2.05, 4.69) is 5.32 Å². The molecule has 1 heterocycles. The summed E-state index contributed by atoms with van der Waals surface area (Å²) in [6.07, 6.45) is -7.71. The Morgan fingerprint density at radius 3 is 2.06 bits per heavy atom. The molecule has 10 heteroatoms. The van der Waals surface area contributed by atoms with Crippen LogP contribution in [0.3, 0.4) is 0 Å². The molecular weight excluding hydrogens is 438 g/mol. The van der Waals surface area contributed by atoms with Crippen LogP contribution in [-0.2, 0) is 30.1 Å². The fraction of sp³-hybridized carbons (Fsp3) is 0.364. The summed E-state index contributed by atoms with van der Waals surface area (Å²) in [6.45, 7) is 0.925. The van der Waals surface area contributed by atoms with E-state index in [9.17, 15) is 35.9 Å². The van der Waals surface area contributed by atoms with Crippen molar-refractivity contribution in [3.63, 3.8) is 0 Å². The second-order valence-electron chi connectivity index (χ2n) is 8.02. The van der Waals surface area contributed by atoms with Crippen molar-refractivity contribution in [3.8, 4) is 0 Å². The molecule has 1 fully saturated rings. The monoisotopic (exact) mass is 456 g/mol. The van der Waals surface area contributed by atoms with Crippen LogP contribution in [0.4, 0.5) is 32.0 Å². The summed E-state index contributed by atoms with van der Waals surface area (Å²) in [4.78, 5) is 26.5. The summed E-state index contributed by atoms with van der Waals surface area (Å²) in [6, 6.07) is 5.61. The van der Waals surface area contributed by atoms with Gasteiger partial charge in [0.2, 0.25) is 5.91 Å². The minimum absolute atomic E-state index is 0.0266. The fourth-order valence-corrected chi connectivity index (χ4v) is 3.70. The number of rotatable bonds is 3. The highest BCUT2D eigenvalue weighted by Crippen LogP contribution is 2.37. The van der Waals surface area contributed by atoms with Crippen LogP contribution in [-0.4, -0.2) is 23.3 Å². The maximum atomic E-state index is 13.0. The van der Waals surface area contributed by atoms with Gasteiger partial charge in [0.05, 0.1) is 11.1 Å². The van der Waals surface area contributed by atoms with Crippen LogP contribution in [0.1, 0.15) is 45.5 Å². The van der Waals surface area contributed by atoms with Gasteiger partial charge in [0, 0.05) is 30.3 Å². The number of alkyl halides is 6. The molecule has 1 aliphatic heterocycles. The Labute approximate surface area is 179 Å². The molecule has 0 bridgehead atoms. The highest BCUT2D eigenvalue weighted by atomic mass is 19.4. The van der Waals surface area contributed by atoms with Crippen LogP contribution in [0.25, 0.3) is 0 Å². The van der Waals surface area contributed by atoms with Gasteiger partial charge >= 0.3 is 12.4 Å². The van der Waals surface area contributed by atoms with Crippen molar-refractivity contribution in [1.82, 2.24) is 4.90 Å². The minimum Gasteiger partial charge on any atom is -0.338 e. The first kappa shape index (κ1) is 22.2. The van der Waals surface area contributed by atoms with E-state index in [1.165, 1.54) is 6.07 Å². The van der Waals surface area contributed by atoms with Crippen LogP contribution in [0.5, 0.6) is 0 Å². The molecule has 2 amide bonds. The number of carbonyl (C=O) groups excluding carboxylic acids is 2. The molecule has 0 saturated heterocycles. The standard InChI is InChI=1S/C22H18F6N2O2/c23-21(24,25)16-7-14(8-17(10-16)22(26,27)28)19(31)29-18-4-3-12-5-6-30(11-15(12)9-18)20(32)13-1-2-13/h3-4,7-10,13H,1-2,5-6,11H2,(H,29,31). The lowest BCUT2D eigenvalue weighted by Crippen LogP contribution is -2.36. The zero-order chi connectivity index (χ0) is 23.3. The molecule has 4 nitrogen and oxygen atoms in total. The lowest BCUT2D eigenvalue weighted by Gasteiger charge is -2.29. The molecule has 0 unspecified atom stereocenters. The molecule has 0 atom stereocenters. The van der Waals surface area contributed by atoms with Gasteiger partial charge in [-0.3, -0.25) is 9.59 Å². The van der Waals surface area contributed by atoms with Gasteiger partial charge < -0.3 is 10.2 Å². The molecule has 0 spiro atoms. The topological polar surface area (TPSA) is 49.4 Å². The van der Waals surface area contributed by atoms with Gasteiger partial charge in [-0.2, -0.15) is 26.3 Å². The average Bonchev–Trinajstić information content (AvgIpc) is 3.56. The average molecular weight is 456 g/mol. The van der Waals surface area contributed by atoms with Gasteiger partial charge in [0.15, 0.2) is 0 Å². The predicted octanol–water partition coefficient (Wildman–Crippen LogP) is 5.27. The summed E-state index contributed by atoms with van der Waals surface area (Å²) in [5.74, 6) is -0.958. The van der Waals surface area contributed by atoms with E-state index in [0.717, 1.165) is 24.0 Å². The van der Waals surface area contributed by atoms with E-state index in [1.807, 2.05) is 0 Å². The highest BCUT2D eigenvalue weighted by Gasteiger charge is 2.38. The molecule has 1 N–H and O–H groups in total. The van der Waals surface area contributed by atoms with Crippen LogP contribution in [0.2, 0.25) is 0 Å². The largest absolute Gasteiger partial charge is 0.416 e. The van der Waals surface area contributed by atoms with Crippen molar-refractivity contribution < 1.29 is 35.9 Å². The van der Waals surface area contributed by atoms with Crippen LogP contribution in [0, 0.1) is 5.92 Å². The number of anilines is 1. The summed E-state index contributed by atoms with van der Waals surface area (Å²) < 4.78 is 78.3. The van der Waals surface area contributed by atoms with Gasteiger partial charge in [-0.05, 0) is 60.7 Å². The Bertz CT molecular complexity index is 1040. The SMILES string of the molecule is O=C(Nc1ccc2c(c1)CN(C(=O)C1CC1)CC2)c1cc(C(F)(F)F)cc(C(F)(F)F)c1. The number of halogens is 6. The third-order valence-corrected chi connectivity index (χ3v) is 5.56. The Morgan fingerprint density at radius 2 is 1.50 bits per heavy atom. The lowest BCUT2D eigenvalue weighted by atomic mass is 9.98. The number of nitrogens with one attached hydrogen (secondary N) is 1.